The second kappa shape index (κ2) is 8.39. The van der Waals surface area contributed by atoms with Gasteiger partial charge in [-0.1, -0.05) is 0 Å². The SMILES string of the molecule is CCN(CC)c1ccc(NC(=O)c2cnn(-c3ccc(=O)[nH]n3)c2C(F)(F)F)cc1. The van der Waals surface area contributed by atoms with Crippen LogP contribution in [0.2, 0.25) is 0 Å². The Morgan fingerprint density at radius 2 is 1.80 bits per heavy atom. The second-order valence-corrected chi connectivity index (χ2v) is 6.27. The van der Waals surface area contributed by atoms with Gasteiger partial charge in [0.2, 0.25) is 0 Å². The molecule has 0 radical (unpaired) electrons. The molecule has 0 aliphatic heterocycles. The van der Waals surface area contributed by atoms with Crippen molar-refractivity contribution in [2.75, 3.05) is 23.3 Å². The van der Waals surface area contributed by atoms with Crippen LogP contribution in [0.4, 0.5) is 24.5 Å². The molecule has 0 atom stereocenters. The summed E-state index contributed by atoms with van der Waals surface area (Å²) < 4.78 is 41.5. The average molecular weight is 420 g/mol. The Labute approximate surface area is 169 Å². The number of H-pyrrole nitrogens is 1. The standard InChI is InChI=1S/C19H19F3N6O2/c1-3-27(4-2)13-7-5-12(6-8-13)24-18(30)14-11-23-28(17(14)19(20,21)22)15-9-10-16(29)26-25-15/h5-11H,3-4H2,1-2H3,(H,24,30)(H,26,29). The number of rotatable bonds is 6. The van der Waals surface area contributed by atoms with Crippen molar-refractivity contribution in [2.24, 2.45) is 0 Å². The number of amides is 1. The topological polar surface area (TPSA) is 95.9 Å². The van der Waals surface area contributed by atoms with Gasteiger partial charge in [-0.2, -0.15) is 23.4 Å². The zero-order valence-corrected chi connectivity index (χ0v) is 16.2. The monoisotopic (exact) mass is 420 g/mol. The zero-order chi connectivity index (χ0) is 21.9. The lowest BCUT2D eigenvalue weighted by molar-refractivity contribution is -0.143. The summed E-state index contributed by atoms with van der Waals surface area (Å²) in [6.45, 7) is 5.61. The number of aromatic amines is 1. The minimum absolute atomic E-state index is 0.274. The van der Waals surface area contributed by atoms with Crippen molar-refractivity contribution in [3.8, 4) is 5.82 Å². The number of anilines is 2. The van der Waals surface area contributed by atoms with Gasteiger partial charge in [0.15, 0.2) is 11.5 Å². The Kier molecular flexibility index (Phi) is 5.90. The predicted octanol–water partition coefficient (Wildman–Crippen LogP) is 3.07. The highest BCUT2D eigenvalue weighted by molar-refractivity contribution is 6.05. The number of benzene rings is 1. The van der Waals surface area contributed by atoms with Crippen molar-refractivity contribution >= 4 is 17.3 Å². The van der Waals surface area contributed by atoms with Crippen LogP contribution in [0, 0.1) is 0 Å². The van der Waals surface area contributed by atoms with Crippen molar-refractivity contribution in [1.82, 2.24) is 20.0 Å². The Bertz CT molecular complexity index is 1060. The molecule has 2 aromatic heterocycles. The molecule has 2 heterocycles. The van der Waals surface area contributed by atoms with Gasteiger partial charge in [0.25, 0.3) is 11.5 Å². The Hall–Kier alpha value is -3.63. The van der Waals surface area contributed by atoms with E-state index in [9.17, 15) is 22.8 Å². The molecule has 1 aromatic carbocycles. The molecule has 0 aliphatic rings. The Balaban J connectivity index is 1.91. The van der Waals surface area contributed by atoms with Gasteiger partial charge in [0.05, 0.1) is 11.8 Å². The van der Waals surface area contributed by atoms with Crippen LogP contribution in [0.15, 0.2) is 47.4 Å². The maximum atomic E-state index is 13.7. The molecule has 0 saturated carbocycles. The number of aromatic nitrogens is 4. The molecule has 0 aliphatic carbocycles. The highest BCUT2D eigenvalue weighted by Crippen LogP contribution is 2.33. The molecule has 8 nitrogen and oxygen atoms in total. The molecule has 0 spiro atoms. The lowest BCUT2D eigenvalue weighted by Crippen LogP contribution is -2.22. The van der Waals surface area contributed by atoms with Gasteiger partial charge in [0.1, 0.15) is 0 Å². The summed E-state index contributed by atoms with van der Waals surface area (Å²) >= 11 is 0. The molecular weight excluding hydrogens is 401 g/mol. The van der Waals surface area contributed by atoms with E-state index >= 15 is 0 Å². The van der Waals surface area contributed by atoms with E-state index in [2.05, 4.69) is 20.4 Å². The van der Waals surface area contributed by atoms with Crippen LogP contribution in [-0.4, -0.2) is 39.0 Å². The molecule has 0 fully saturated rings. The Morgan fingerprint density at radius 3 is 2.33 bits per heavy atom. The number of nitrogens with zero attached hydrogens (tertiary/aromatic N) is 4. The Morgan fingerprint density at radius 1 is 1.13 bits per heavy atom. The molecule has 1 amide bonds. The van der Waals surface area contributed by atoms with E-state index in [0.29, 0.717) is 10.4 Å². The maximum absolute atomic E-state index is 13.7. The maximum Gasteiger partial charge on any atom is 0.434 e. The first-order valence-corrected chi connectivity index (χ1v) is 9.12. The van der Waals surface area contributed by atoms with Gasteiger partial charge in [-0.15, -0.1) is 0 Å². The van der Waals surface area contributed by atoms with Gasteiger partial charge in [-0.25, -0.2) is 9.78 Å². The van der Waals surface area contributed by atoms with Crippen molar-refractivity contribution in [3.05, 3.63) is 64.2 Å². The van der Waals surface area contributed by atoms with Crippen LogP contribution in [0.1, 0.15) is 29.9 Å². The summed E-state index contributed by atoms with van der Waals surface area (Å²) in [7, 11) is 0. The van der Waals surface area contributed by atoms with Crippen LogP contribution in [0.5, 0.6) is 0 Å². The zero-order valence-electron chi connectivity index (χ0n) is 16.2. The highest BCUT2D eigenvalue weighted by Gasteiger charge is 2.41. The van der Waals surface area contributed by atoms with Crippen molar-refractivity contribution in [2.45, 2.75) is 20.0 Å². The van der Waals surface area contributed by atoms with E-state index in [1.54, 1.807) is 24.3 Å². The normalized spacial score (nSPS) is 11.4. The fourth-order valence-electron chi connectivity index (χ4n) is 2.96. The minimum atomic E-state index is -4.88. The molecule has 0 unspecified atom stereocenters. The molecule has 2 N–H and O–H groups in total. The smallest absolute Gasteiger partial charge is 0.372 e. The first-order chi connectivity index (χ1) is 14.2. The lowest BCUT2D eigenvalue weighted by atomic mass is 10.2. The first-order valence-electron chi connectivity index (χ1n) is 9.12. The van der Waals surface area contributed by atoms with Crippen LogP contribution in [0.25, 0.3) is 5.82 Å². The van der Waals surface area contributed by atoms with Crippen molar-refractivity contribution < 1.29 is 18.0 Å². The van der Waals surface area contributed by atoms with E-state index < -0.39 is 28.9 Å². The number of halogens is 3. The summed E-state index contributed by atoms with van der Waals surface area (Å²) in [5, 5.41) is 11.7. The number of hydrogen-bond acceptors (Lipinski definition) is 5. The first kappa shape index (κ1) is 21.1. The molecular formula is C19H19F3N6O2. The third-order valence-electron chi connectivity index (χ3n) is 4.42. The van der Waals surface area contributed by atoms with E-state index in [-0.39, 0.29) is 5.82 Å². The van der Waals surface area contributed by atoms with Crippen LogP contribution >= 0.6 is 0 Å². The average Bonchev–Trinajstić information content (AvgIpc) is 3.17. The van der Waals surface area contributed by atoms with Crippen LogP contribution in [0.3, 0.4) is 0 Å². The minimum Gasteiger partial charge on any atom is -0.372 e. The lowest BCUT2D eigenvalue weighted by Gasteiger charge is -2.21. The second-order valence-electron chi connectivity index (χ2n) is 6.27. The summed E-state index contributed by atoms with van der Waals surface area (Å²) in [5.41, 5.74) is -1.25. The molecule has 0 bridgehead atoms. The van der Waals surface area contributed by atoms with E-state index in [0.717, 1.165) is 37.1 Å². The number of carbonyl (C=O) groups is 1. The summed E-state index contributed by atoms with van der Waals surface area (Å²) in [6, 6.07) is 8.89. The van der Waals surface area contributed by atoms with E-state index in [1.165, 1.54) is 0 Å². The summed E-state index contributed by atoms with van der Waals surface area (Å²) in [5.74, 6) is -1.24. The molecule has 158 valence electrons. The highest BCUT2D eigenvalue weighted by atomic mass is 19.4. The van der Waals surface area contributed by atoms with Crippen molar-refractivity contribution in [1.29, 1.82) is 0 Å². The number of nitrogens with one attached hydrogen (secondary N) is 2. The fourth-order valence-corrected chi connectivity index (χ4v) is 2.96. The van der Waals surface area contributed by atoms with Crippen LogP contribution < -0.4 is 15.8 Å². The van der Waals surface area contributed by atoms with Gasteiger partial charge in [-0.3, -0.25) is 9.59 Å². The van der Waals surface area contributed by atoms with Gasteiger partial charge in [0, 0.05) is 30.5 Å². The largest absolute Gasteiger partial charge is 0.434 e. The van der Waals surface area contributed by atoms with Crippen LogP contribution in [-0.2, 0) is 6.18 Å². The van der Waals surface area contributed by atoms with Gasteiger partial charge >= 0.3 is 6.18 Å². The summed E-state index contributed by atoms with van der Waals surface area (Å²) in [4.78, 5) is 25.8. The van der Waals surface area contributed by atoms with Crippen molar-refractivity contribution in [3.63, 3.8) is 0 Å². The number of hydrogen-bond donors (Lipinski definition) is 2. The third kappa shape index (κ3) is 4.34. The molecule has 0 saturated heterocycles. The van der Waals surface area contributed by atoms with E-state index in [1.807, 2.05) is 18.9 Å². The summed E-state index contributed by atoms with van der Waals surface area (Å²) in [6.07, 6.45) is -4.07. The number of alkyl halides is 3. The molecule has 3 aromatic rings. The van der Waals surface area contributed by atoms with Gasteiger partial charge in [-0.05, 0) is 44.2 Å². The molecule has 11 heteroatoms. The van der Waals surface area contributed by atoms with Gasteiger partial charge < -0.3 is 10.2 Å². The quantitative estimate of drug-likeness (QED) is 0.639. The third-order valence-corrected chi connectivity index (χ3v) is 4.42. The molecule has 3 rings (SSSR count). The number of carbonyl (C=O) groups excluding carboxylic acids is 1. The fraction of sp³-hybridized carbons (Fsp3) is 0.263. The van der Waals surface area contributed by atoms with E-state index in [4.69, 9.17) is 0 Å². The molecule has 30 heavy (non-hydrogen) atoms. The predicted molar refractivity (Wildman–Crippen MR) is 105 cm³/mol.